The van der Waals surface area contributed by atoms with Crippen molar-refractivity contribution in [2.75, 3.05) is 12.4 Å². The van der Waals surface area contributed by atoms with Crippen LogP contribution in [-0.2, 0) is 4.74 Å². The number of anilines is 1. The number of hydrogen-bond donors (Lipinski definition) is 2. The molecule has 3 aromatic rings. The third-order valence-corrected chi connectivity index (χ3v) is 3.93. The number of carbonyl (C=O) groups excluding carboxylic acids is 2. The Labute approximate surface area is 140 Å². The highest BCUT2D eigenvalue weighted by molar-refractivity contribution is 7.14. The van der Waals surface area contributed by atoms with Gasteiger partial charge in [-0.15, -0.1) is 11.3 Å². The molecule has 0 spiro atoms. The number of hydrogen-bond acceptors (Lipinski definition) is 6. The highest BCUT2D eigenvalue weighted by Gasteiger charge is 2.13. The average Bonchev–Trinajstić information content (AvgIpc) is 3.23. The van der Waals surface area contributed by atoms with Crippen molar-refractivity contribution in [3.63, 3.8) is 0 Å². The molecule has 2 N–H and O–H groups in total. The van der Waals surface area contributed by atoms with E-state index in [-0.39, 0.29) is 5.91 Å². The van der Waals surface area contributed by atoms with E-state index in [9.17, 15) is 14.8 Å². The first-order valence-electron chi connectivity index (χ1n) is 6.79. The lowest BCUT2D eigenvalue weighted by Gasteiger charge is -2.01. The predicted octanol–water partition coefficient (Wildman–Crippen LogP) is 1.81. The van der Waals surface area contributed by atoms with Crippen molar-refractivity contribution < 1.29 is 19.1 Å². The summed E-state index contributed by atoms with van der Waals surface area (Å²) in [6, 6.07) is 4.47. The Morgan fingerprint density at radius 3 is 2.83 bits per heavy atom. The van der Waals surface area contributed by atoms with Gasteiger partial charge >= 0.3 is 5.97 Å². The number of carbonyl (C=O) groups is 2. The lowest BCUT2D eigenvalue weighted by molar-refractivity contribution is -0.605. The van der Waals surface area contributed by atoms with Gasteiger partial charge < -0.3 is 14.9 Å². The molecule has 0 unspecified atom stereocenters. The van der Waals surface area contributed by atoms with E-state index in [0.29, 0.717) is 32.4 Å². The Hall–Kier alpha value is -3.20. The summed E-state index contributed by atoms with van der Waals surface area (Å²) in [5.74, 6) is -0.828. The predicted molar refractivity (Wildman–Crippen MR) is 86.6 cm³/mol. The zero-order chi connectivity index (χ0) is 17.1. The number of esters is 1. The van der Waals surface area contributed by atoms with Crippen molar-refractivity contribution in [2.24, 2.45) is 0 Å². The van der Waals surface area contributed by atoms with Gasteiger partial charge in [0.2, 0.25) is 0 Å². The van der Waals surface area contributed by atoms with Crippen molar-refractivity contribution in [1.29, 1.82) is 0 Å². The summed E-state index contributed by atoms with van der Waals surface area (Å²) in [5.41, 5.74) is 2.00. The maximum absolute atomic E-state index is 12.1. The van der Waals surface area contributed by atoms with E-state index in [1.807, 2.05) is 0 Å². The zero-order valence-corrected chi connectivity index (χ0v) is 13.3. The van der Waals surface area contributed by atoms with Gasteiger partial charge in [-0.2, -0.15) is 4.73 Å². The number of rotatable bonds is 4. The number of amides is 1. The van der Waals surface area contributed by atoms with E-state index in [1.54, 1.807) is 17.6 Å². The van der Waals surface area contributed by atoms with E-state index >= 15 is 0 Å². The minimum Gasteiger partial charge on any atom is -0.619 e. The molecule has 0 fully saturated rings. The Morgan fingerprint density at radius 2 is 2.12 bits per heavy atom. The van der Waals surface area contributed by atoms with Gasteiger partial charge in [0.15, 0.2) is 17.5 Å². The van der Waals surface area contributed by atoms with Crippen LogP contribution in [0.2, 0.25) is 0 Å². The molecule has 0 aliphatic carbocycles. The molecular weight excluding hydrogens is 332 g/mol. The number of ether oxygens (including phenoxy) is 1. The second kappa shape index (κ2) is 6.50. The largest absolute Gasteiger partial charge is 0.619 e. The average molecular weight is 344 g/mol. The summed E-state index contributed by atoms with van der Waals surface area (Å²) in [6.07, 6.45) is 4.13. The second-order valence-electron chi connectivity index (χ2n) is 4.73. The van der Waals surface area contributed by atoms with Gasteiger partial charge in [0.05, 0.1) is 18.4 Å². The van der Waals surface area contributed by atoms with Crippen molar-refractivity contribution in [1.82, 2.24) is 9.97 Å². The van der Waals surface area contributed by atoms with Crippen LogP contribution in [0.4, 0.5) is 5.13 Å². The van der Waals surface area contributed by atoms with Gasteiger partial charge in [0.1, 0.15) is 5.69 Å². The summed E-state index contributed by atoms with van der Waals surface area (Å²) in [4.78, 5) is 30.6. The topological polar surface area (TPSA) is 111 Å². The van der Waals surface area contributed by atoms with Crippen LogP contribution in [0.25, 0.3) is 11.3 Å². The lowest BCUT2D eigenvalue weighted by Crippen LogP contribution is -2.25. The molecule has 0 aliphatic rings. The standard InChI is InChI=1S/C15H12N4O4S/c1-23-14(21)11-6-10(7-16-11)12-8-24-15(17-12)18-13(20)9-2-4-19(22)5-3-9/h2-8,16H,1H3,(H,17,18,20). The molecule has 8 nitrogen and oxygen atoms in total. The summed E-state index contributed by atoms with van der Waals surface area (Å²) in [6.45, 7) is 0. The molecule has 0 bridgehead atoms. The summed E-state index contributed by atoms with van der Waals surface area (Å²) in [5, 5.41) is 15.8. The number of aromatic amines is 1. The van der Waals surface area contributed by atoms with Crippen LogP contribution < -0.4 is 10.0 Å². The Kier molecular flexibility index (Phi) is 4.25. The molecule has 24 heavy (non-hydrogen) atoms. The molecule has 0 saturated carbocycles. The quantitative estimate of drug-likeness (QED) is 0.426. The Bertz CT molecular complexity index is 885. The van der Waals surface area contributed by atoms with Crippen molar-refractivity contribution >= 4 is 28.3 Å². The molecule has 3 heterocycles. The molecule has 0 aliphatic heterocycles. The van der Waals surface area contributed by atoms with Gasteiger partial charge in [0.25, 0.3) is 5.91 Å². The summed E-state index contributed by atoms with van der Waals surface area (Å²) >= 11 is 1.25. The van der Waals surface area contributed by atoms with E-state index in [1.165, 1.54) is 43.0 Å². The summed E-state index contributed by atoms with van der Waals surface area (Å²) < 4.78 is 5.23. The van der Waals surface area contributed by atoms with E-state index in [4.69, 9.17) is 0 Å². The number of H-pyrrole nitrogens is 1. The van der Waals surface area contributed by atoms with Crippen molar-refractivity contribution in [2.45, 2.75) is 0 Å². The number of thiazole rings is 1. The number of nitrogens with one attached hydrogen (secondary N) is 2. The molecule has 0 aromatic carbocycles. The Morgan fingerprint density at radius 1 is 1.38 bits per heavy atom. The fraction of sp³-hybridized carbons (Fsp3) is 0.0667. The van der Waals surface area contributed by atoms with E-state index in [0.717, 1.165) is 0 Å². The van der Waals surface area contributed by atoms with Crippen molar-refractivity contribution in [3.05, 3.63) is 58.6 Å². The molecule has 9 heteroatoms. The monoisotopic (exact) mass is 344 g/mol. The normalized spacial score (nSPS) is 10.4. The molecule has 0 saturated heterocycles. The highest BCUT2D eigenvalue weighted by atomic mass is 32.1. The number of methoxy groups -OCH3 is 1. The van der Waals surface area contributed by atoms with Gasteiger partial charge in [-0.3, -0.25) is 10.1 Å². The highest BCUT2D eigenvalue weighted by Crippen LogP contribution is 2.26. The molecule has 3 rings (SSSR count). The van der Waals surface area contributed by atoms with Crippen LogP contribution in [0.1, 0.15) is 20.8 Å². The van der Waals surface area contributed by atoms with Crippen LogP contribution in [0, 0.1) is 5.21 Å². The van der Waals surface area contributed by atoms with Crippen LogP contribution in [-0.4, -0.2) is 29.0 Å². The maximum Gasteiger partial charge on any atom is 0.354 e. The zero-order valence-electron chi connectivity index (χ0n) is 12.5. The van der Waals surface area contributed by atoms with Gasteiger partial charge in [-0.05, 0) is 6.07 Å². The maximum atomic E-state index is 12.1. The Balaban J connectivity index is 1.73. The van der Waals surface area contributed by atoms with Gasteiger partial charge in [-0.1, -0.05) is 0 Å². The van der Waals surface area contributed by atoms with Gasteiger partial charge in [0, 0.05) is 29.3 Å². The van der Waals surface area contributed by atoms with Crippen LogP contribution in [0.3, 0.4) is 0 Å². The van der Waals surface area contributed by atoms with Crippen LogP contribution >= 0.6 is 11.3 Å². The summed E-state index contributed by atoms with van der Waals surface area (Å²) in [7, 11) is 1.30. The molecule has 0 atom stereocenters. The first-order valence-corrected chi connectivity index (χ1v) is 7.67. The first kappa shape index (κ1) is 15.7. The number of aromatic nitrogens is 3. The molecule has 1 amide bonds. The number of nitrogens with zero attached hydrogens (tertiary/aromatic N) is 2. The molecule has 122 valence electrons. The second-order valence-corrected chi connectivity index (χ2v) is 5.59. The van der Waals surface area contributed by atoms with E-state index in [2.05, 4.69) is 20.0 Å². The minimum atomic E-state index is -0.468. The van der Waals surface area contributed by atoms with Gasteiger partial charge in [-0.25, -0.2) is 9.78 Å². The first-order chi connectivity index (χ1) is 11.6. The van der Waals surface area contributed by atoms with Crippen LogP contribution in [0.15, 0.2) is 42.2 Å². The lowest BCUT2D eigenvalue weighted by atomic mass is 10.2. The SMILES string of the molecule is COC(=O)c1cc(-c2csc(NC(=O)c3cc[n+]([O-])cc3)n2)c[nH]1. The van der Waals surface area contributed by atoms with Crippen LogP contribution in [0.5, 0.6) is 0 Å². The molecule has 0 radical (unpaired) electrons. The minimum absolute atomic E-state index is 0.321. The third kappa shape index (κ3) is 3.25. The smallest absolute Gasteiger partial charge is 0.354 e. The molecule has 3 aromatic heterocycles. The molecular formula is C15H12N4O4S. The fourth-order valence-corrected chi connectivity index (χ4v) is 2.68. The fourth-order valence-electron chi connectivity index (χ4n) is 1.97. The van der Waals surface area contributed by atoms with Crippen molar-refractivity contribution in [3.8, 4) is 11.3 Å². The van der Waals surface area contributed by atoms with E-state index < -0.39 is 5.97 Å². The number of pyridine rings is 1. The third-order valence-electron chi connectivity index (χ3n) is 3.17.